The predicted molar refractivity (Wildman–Crippen MR) is 76.5 cm³/mol. The summed E-state index contributed by atoms with van der Waals surface area (Å²) in [7, 11) is 0. The number of benzene rings is 1. The van der Waals surface area contributed by atoms with Gasteiger partial charge in [-0.1, -0.05) is 17.7 Å². The first-order valence-electron chi connectivity index (χ1n) is 6.63. The van der Waals surface area contributed by atoms with Crippen LogP contribution in [-0.2, 0) is 0 Å². The van der Waals surface area contributed by atoms with Gasteiger partial charge in [0, 0.05) is 6.54 Å². The summed E-state index contributed by atoms with van der Waals surface area (Å²) < 4.78 is 11.1. The molecule has 1 aromatic heterocycles. The Balaban J connectivity index is 1.75. The van der Waals surface area contributed by atoms with Crippen molar-refractivity contribution < 1.29 is 9.15 Å². The molecule has 0 radical (unpaired) electrons. The molecule has 1 atom stereocenters. The first-order chi connectivity index (χ1) is 9.16. The van der Waals surface area contributed by atoms with Crippen LogP contribution < -0.4 is 10.1 Å². The fourth-order valence-corrected chi connectivity index (χ4v) is 2.04. The van der Waals surface area contributed by atoms with Gasteiger partial charge in [0.05, 0.1) is 12.3 Å². The van der Waals surface area contributed by atoms with Gasteiger partial charge in [0.25, 0.3) is 0 Å². The number of ether oxygens (including phenoxy) is 1. The zero-order valence-electron chi connectivity index (χ0n) is 11.8. The van der Waals surface area contributed by atoms with E-state index in [9.17, 15) is 0 Å². The van der Waals surface area contributed by atoms with E-state index in [-0.39, 0.29) is 6.04 Å². The molecule has 102 valence electrons. The van der Waals surface area contributed by atoms with Crippen LogP contribution in [0, 0.1) is 13.8 Å². The maximum absolute atomic E-state index is 5.77. The molecule has 0 fully saturated rings. The Morgan fingerprint density at radius 3 is 2.79 bits per heavy atom. The van der Waals surface area contributed by atoms with E-state index < -0.39 is 0 Å². The zero-order chi connectivity index (χ0) is 13.7. The predicted octanol–water partition coefficient (Wildman–Crippen LogP) is 3.63. The first-order valence-corrected chi connectivity index (χ1v) is 6.63. The van der Waals surface area contributed by atoms with Crippen molar-refractivity contribution in [3.8, 4) is 5.75 Å². The van der Waals surface area contributed by atoms with Crippen molar-refractivity contribution >= 4 is 0 Å². The number of hydrogen-bond donors (Lipinski definition) is 1. The van der Waals surface area contributed by atoms with Crippen LogP contribution in [0.15, 0.2) is 41.0 Å². The van der Waals surface area contributed by atoms with Crippen molar-refractivity contribution in [3.05, 3.63) is 53.5 Å². The molecule has 2 rings (SSSR count). The van der Waals surface area contributed by atoms with Crippen LogP contribution in [-0.4, -0.2) is 13.2 Å². The molecule has 0 saturated carbocycles. The molecule has 3 heteroatoms. The Kier molecular flexibility index (Phi) is 4.63. The fourth-order valence-electron chi connectivity index (χ4n) is 2.04. The average molecular weight is 259 g/mol. The maximum atomic E-state index is 5.77. The number of hydrogen-bond acceptors (Lipinski definition) is 3. The highest BCUT2D eigenvalue weighted by Gasteiger charge is 2.06. The third kappa shape index (κ3) is 3.86. The van der Waals surface area contributed by atoms with E-state index in [1.165, 1.54) is 11.1 Å². The molecule has 0 spiro atoms. The SMILES string of the molecule is Cc1ccc(OCCNC(C)c2ccco2)c(C)c1. The Bertz CT molecular complexity index is 505. The van der Waals surface area contributed by atoms with Gasteiger partial charge in [-0.2, -0.15) is 0 Å². The van der Waals surface area contributed by atoms with Crippen LogP contribution in [0.25, 0.3) is 0 Å². The Morgan fingerprint density at radius 2 is 2.11 bits per heavy atom. The van der Waals surface area contributed by atoms with Crippen molar-refractivity contribution in [1.29, 1.82) is 0 Å². The van der Waals surface area contributed by atoms with E-state index in [1.54, 1.807) is 6.26 Å². The highest BCUT2D eigenvalue weighted by atomic mass is 16.5. The van der Waals surface area contributed by atoms with Crippen molar-refractivity contribution in [2.45, 2.75) is 26.8 Å². The standard InChI is InChI=1S/C16H21NO2/c1-12-6-7-15(13(2)11-12)19-10-8-17-14(3)16-5-4-9-18-16/h4-7,9,11,14,17H,8,10H2,1-3H3. The Labute approximate surface area is 114 Å². The highest BCUT2D eigenvalue weighted by Crippen LogP contribution is 2.18. The van der Waals surface area contributed by atoms with Crippen LogP contribution in [0.2, 0.25) is 0 Å². The lowest BCUT2D eigenvalue weighted by Gasteiger charge is -2.13. The quantitative estimate of drug-likeness (QED) is 0.804. The van der Waals surface area contributed by atoms with E-state index in [0.29, 0.717) is 6.61 Å². The van der Waals surface area contributed by atoms with Gasteiger partial charge in [0.1, 0.15) is 18.1 Å². The molecule has 0 aliphatic rings. The molecule has 1 unspecified atom stereocenters. The van der Waals surface area contributed by atoms with Crippen LogP contribution >= 0.6 is 0 Å². The van der Waals surface area contributed by atoms with Crippen molar-refractivity contribution in [3.63, 3.8) is 0 Å². The van der Waals surface area contributed by atoms with E-state index >= 15 is 0 Å². The Morgan fingerprint density at radius 1 is 1.26 bits per heavy atom. The van der Waals surface area contributed by atoms with Gasteiger partial charge in [-0.3, -0.25) is 0 Å². The summed E-state index contributed by atoms with van der Waals surface area (Å²) in [5.41, 5.74) is 2.44. The topological polar surface area (TPSA) is 34.4 Å². The Hall–Kier alpha value is -1.74. The summed E-state index contributed by atoms with van der Waals surface area (Å²) in [6, 6.07) is 10.3. The second-order valence-electron chi connectivity index (χ2n) is 4.81. The summed E-state index contributed by atoms with van der Waals surface area (Å²) in [6.45, 7) is 7.67. The van der Waals surface area contributed by atoms with Gasteiger partial charge in [-0.05, 0) is 44.5 Å². The smallest absolute Gasteiger partial charge is 0.122 e. The second-order valence-corrected chi connectivity index (χ2v) is 4.81. The van der Waals surface area contributed by atoms with E-state index in [4.69, 9.17) is 9.15 Å². The van der Waals surface area contributed by atoms with Crippen molar-refractivity contribution in [1.82, 2.24) is 5.32 Å². The van der Waals surface area contributed by atoms with Crippen molar-refractivity contribution in [2.24, 2.45) is 0 Å². The number of rotatable bonds is 6. The van der Waals surface area contributed by atoms with Gasteiger partial charge < -0.3 is 14.5 Å². The third-order valence-electron chi connectivity index (χ3n) is 3.11. The molecular weight excluding hydrogens is 238 g/mol. The van der Waals surface area contributed by atoms with E-state index in [1.807, 2.05) is 18.2 Å². The van der Waals surface area contributed by atoms with Gasteiger partial charge in [0.15, 0.2) is 0 Å². The number of furan rings is 1. The van der Waals surface area contributed by atoms with Crippen molar-refractivity contribution in [2.75, 3.05) is 13.2 Å². The second kappa shape index (κ2) is 6.43. The van der Waals surface area contributed by atoms with Crippen LogP contribution in [0.4, 0.5) is 0 Å². The van der Waals surface area contributed by atoms with Crippen LogP contribution in [0.3, 0.4) is 0 Å². The average Bonchev–Trinajstić information content (AvgIpc) is 2.90. The highest BCUT2D eigenvalue weighted by molar-refractivity contribution is 5.35. The molecule has 1 N–H and O–H groups in total. The molecule has 0 saturated heterocycles. The van der Waals surface area contributed by atoms with E-state index in [2.05, 4.69) is 38.2 Å². The van der Waals surface area contributed by atoms with E-state index in [0.717, 1.165) is 18.1 Å². The molecule has 0 aliphatic heterocycles. The van der Waals surface area contributed by atoms with Gasteiger partial charge in [0.2, 0.25) is 0 Å². The first kappa shape index (κ1) is 13.7. The lowest BCUT2D eigenvalue weighted by molar-refractivity contribution is 0.300. The normalized spacial score (nSPS) is 12.4. The molecule has 19 heavy (non-hydrogen) atoms. The van der Waals surface area contributed by atoms with Crippen LogP contribution in [0.5, 0.6) is 5.75 Å². The minimum Gasteiger partial charge on any atom is -0.492 e. The molecule has 0 bridgehead atoms. The monoisotopic (exact) mass is 259 g/mol. The van der Waals surface area contributed by atoms with Gasteiger partial charge in [-0.25, -0.2) is 0 Å². The number of nitrogens with one attached hydrogen (secondary N) is 1. The molecule has 2 aromatic rings. The van der Waals surface area contributed by atoms with Crippen LogP contribution in [0.1, 0.15) is 29.9 Å². The summed E-state index contributed by atoms with van der Waals surface area (Å²) >= 11 is 0. The molecular formula is C16H21NO2. The lowest BCUT2D eigenvalue weighted by atomic mass is 10.1. The molecule has 1 aromatic carbocycles. The largest absolute Gasteiger partial charge is 0.492 e. The third-order valence-corrected chi connectivity index (χ3v) is 3.11. The summed E-state index contributed by atoms with van der Waals surface area (Å²) in [5, 5.41) is 3.37. The molecule has 0 amide bonds. The minimum absolute atomic E-state index is 0.206. The zero-order valence-corrected chi connectivity index (χ0v) is 11.8. The fraction of sp³-hybridized carbons (Fsp3) is 0.375. The minimum atomic E-state index is 0.206. The number of aryl methyl sites for hydroxylation is 2. The van der Waals surface area contributed by atoms with Gasteiger partial charge in [-0.15, -0.1) is 0 Å². The lowest BCUT2D eigenvalue weighted by Crippen LogP contribution is -2.24. The summed E-state index contributed by atoms with van der Waals surface area (Å²) in [4.78, 5) is 0. The summed E-state index contributed by atoms with van der Waals surface area (Å²) in [5.74, 6) is 1.91. The molecule has 1 heterocycles. The molecule has 3 nitrogen and oxygen atoms in total. The summed E-state index contributed by atoms with van der Waals surface area (Å²) in [6.07, 6.45) is 1.69. The van der Waals surface area contributed by atoms with Gasteiger partial charge >= 0.3 is 0 Å². The molecule has 0 aliphatic carbocycles. The maximum Gasteiger partial charge on any atom is 0.122 e.